The minimum absolute atomic E-state index is 0.597. The van der Waals surface area contributed by atoms with Crippen LogP contribution in [0.5, 0.6) is 0 Å². The summed E-state index contributed by atoms with van der Waals surface area (Å²) in [6, 6.07) is 3.27. The third-order valence-corrected chi connectivity index (χ3v) is 5.13. The van der Waals surface area contributed by atoms with Crippen LogP contribution in [-0.4, -0.2) is 89.2 Å². The number of halogens is 6. The van der Waals surface area contributed by atoms with E-state index in [4.69, 9.17) is 29.0 Å². The van der Waals surface area contributed by atoms with Crippen LogP contribution in [0.2, 0.25) is 0 Å². The Morgan fingerprint density at radius 1 is 0.970 bits per heavy atom. The first-order valence-electron chi connectivity index (χ1n) is 9.94. The second-order valence-corrected chi connectivity index (χ2v) is 7.92. The maximum atomic E-state index is 10.6. The molecule has 2 saturated heterocycles. The number of alkyl halides is 6. The normalized spacial score (nSPS) is 23.6. The molecule has 0 radical (unpaired) electrons. The average Bonchev–Trinajstić information content (AvgIpc) is 3.35. The van der Waals surface area contributed by atoms with Crippen LogP contribution in [0.3, 0.4) is 0 Å². The van der Waals surface area contributed by atoms with Crippen molar-refractivity contribution in [2.75, 3.05) is 32.8 Å². The number of nitrogens with zero attached hydrogens (tertiary/aromatic N) is 2. The first-order valence-corrected chi connectivity index (χ1v) is 9.94. The molecule has 2 bridgehead atoms. The van der Waals surface area contributed by atoms with Crippen molar-refractivity contribution in [3.63, 3.8) is 0 Å². The lowest BCUT2D eigenvalue weighted by Gasteiger charge is -2.50. The second-order valence-electron chi connectivity index (χ2n) is 7.92. The highest BCUT2D eigenvalue weighted by Crippen LogP contribution is 2.33. The number of furan rings is 1. The van der Waals surface area contributed by atoms with Gasteiger partial charge >= 0.3 is 24.3 Å². The number of fused-ring (bicyclic) bond motifs is 2. The summed E-state index contributed by atoms with van der Waals surface area (Å²) in [7, 11) is 0. The number of hydrogen-bond donors (Lipinski definition) is 2. The van der Waals surface area contributed by atoms with Crippen LogP contribution in [0, 0.1) is 5.92 Å². The zero-order valence-electron chi connectivity index (χ0n) is 17.3. The van der Waals surface area contributed by atoms with Gasteiger partial charge in [0.2, 0.25) is 0 Å². The fraction of sp³-hybridized carbons (Fsp3) is 0.684. The predicted octanol–water partition coefficient (Wildman–Crippen LogP) is 2.84. The summed E-state index contributed by atoms with van der Waals surface area (Å²) in [5, 5.41) is 14.2. The highest BCUT2D eigenvalue weighted by Gasteiger charge is 2.41. The largest absolute Gasteiger partial charge is 0.490 e. The van der Waals surface area contributed by atoms with Gasteiger partial charge in [0.25, 0.3) is 0 Å². The van der Waals surface area contributed by atoms with Gasteiger partial charge in [0.1, 0.15) is 0 Å². The summed E-state index contributed by atoms with van der Waals surface area (Å²) in [6.45, 7) is 6.40. The van der Waals surface area contributed by atoms with Crippen molar-refractivity contribution in [1.29, 1.82) is 0 Å². The molecule has 2 atom stereocenters. The fourth-order valence-corrected chi connectivity index (χ4v) is 3.48. The Morgan fingerprint density at radius 3 is 1.82 bits per heavy atom. The van der Waals surface area contributed by atoms with Gasteiger partial charge in [0.15, 0.2) is 0 Å². The Morgan fingerprint density at radius 2 is 1.45 bits per heavy atom. The Balaban J connectivity index is 0.000000230. The number of hydrogen-bond acceptors (Lipinski definition) is 6. The van der Waals surface area contributed by atoms with Gasteiger partial charge < -0.3 is 19.4 Å². The molecule has 3 aliphatic rings. The first-order chi connectivity index (χ1) is 15.3. The molecule has 4 rings (SSSR count). The van der Waals surface area contributed by atoms with Crippen molar-refractivity contribution in [2.45, 2.75) is 43.8 Å². The zero-order chi connectivity index (χ0) is 24.8. The first kappa shape index (κ1) is 26.9. The Labute approximate surface area is 184 Å². The summed E-state index contributed by atoms with van der Waals surface area (Å²) in [5.74, 6) is -4.54. The second kappa shape index (κ2) is 11.2. The molecule has 33 heavy (non-hydrogen) atoms. The number of morpholine rings is 1. The lowest BCUT2D eigenvalue weighted by atomic mass is 10.0. The van der Waals surface area contributed by atoms with Crippen molar-refractivity contribution < 1.29 is 55.3 Å². The molecule has 2 aliphatic heterocycles. The smallest absolute Gasteiger partial charge is 0.475 e. The SMILES string of the molecule is O=C(O)C(F)(F)F.O=C(O)C(F)(F)F.c1cc(CN2CC3COCC(C2)N3CC2CC2)co1. The van der Waals surface area contributed by atoms with Crippen molar-refractivity contribution in [1.82, 2.24) is 9.80 Å². The number of aliphatic carboxylic acids is 2. The van der Waals surface area contributed by atoms with E-state index >= 15 is 0 Å². The van der Waals surface area contributed by atoms with Crippen LogP contribution in [0.1, 0.15) is 18.4 Å². The minimum atomic E-state index is -5.08. The molecular weight excluding hydrogens is 466 g/mol. The third kappa shape index (κ3) is 9.21. The van der Waals surface area contributed by atoms with E-state index < -0.39 is 24.3 Å². The van der Waals surface area contributed by atoms with E-state index in [-0.39, 0.29) is 0 Å². The summed E-state index contributed by atoms with van der Waals surface area (Å²) in [6.07, 6.45) is -3.66. The van der Waals surface area contributed by atoms with Crippen molar-refractivity contribution in [2.24, 2.45) is 5.92 Å². The van der Waals surface area contributed by atoms with Crippen LogP contribution >= 0.6 is 0 Å². The van der Waals surface area contributed by atoms with Gasteiger partial charge in [-0.05, 0) is 24.8 Å². The number of carboxylic acid groups (broad SMARTS) is 2. The van der Waals surface area contributed by atoms with E-state index in [2.05, 4.69) is 15.9 Å². The fourth-order valence-electron chi connectivity index (χ4n) is 3.48. The molecule has 0 aromatic carbocycles. The van der Waals surface area contributed by atoms with Crippen molar-refractivity contribution in [3.05, 3.63) is 24.2 Å². The van der Waals surface area contributed by atoms with E-state index in [0.29, 0.717) is 12.1 Å². The molecule has 3 fully saturated rings. The lowest BCUT2D eigenvalue weighted by molar-refractivity contribution is -0.193. The predicted molar refractivity (Wildman–Crippen MR) is 99.2 cm³/mol. The molecule has 1 aromatic heterocycles. The number of carboxylic acids is 2. The number of piperazine rings is 1. The molecule has 1 aliphatic carbocycles. The quantitative estimate of drug-likeness (QED) is 0.622. The van der Waals surface area contributed by atoms with Crippen molar-refractivity contribution >= 4 is 11.9 Å². The maximum absolute atomic E-state index is 10.6. The summed E-state index contributed by atoms with van der Waals surface area (Å²) < 4.78 is 74.4. The standard InChI is InChI=1S/C15H22N2O2.2C2HF3O2/c1-2-12(1)6-17-14-7-16(5-13-3-4-18-9-13)8-15(17)11-19-10-14;2*3-2(4,5)1(6)7/h3-4,9,12,14-15H,1-2,5-8,10-11H2;2*(H,6,7). The molecular formula is C19H24F6N2O6. The lowest BCUT2D eigenvalue weighted by Crippen LogP contribution is -2.64. The highest BCUT2D eigenvalue weighted by atomic mass is 19.4. The van der Waals surface area contributed by atoms with Gasteiger partial charge in [-0.3, -0.25) is 9.80 Å². The molecule has 0 spiro atoms. The van der Waals surface area contributed by atoms with E-state index in [1.54, 1.807) is 6.26 Å². The van der Waals surface area contributed by atoms with Crippen LogP contribution in [0.15, 0.2) is 23.0 Å². The van der Waals surface area contributed by atoms with E-state index in [0.717, 1.165) is 38.8 Å². The van der Waals surface area contributed by atoms with E-state index in [1.807, 2.05) is 6.26 Å². The molecule has 1 aromatic rings. The molecule has 1 saturated carbocycles. The topological polar surface area (TPSA) is 103 Å². The third-order valence-electron chi connectivity index (χ3n) is 5.13. The van der Waals surface area contributed by atoms with Gasteiger partial charge in [-0.15, -0.1) is 0 Å². The van der Waals surface area contributed by atoms with Gasteiger partial charge in [0, 0.05) is 43.8 Å². The molecule has 2 unspecified atom stereocenters. The number of ether oxygens (including phenoxy) is 1. The summed E-state index contributed by atoms with van der Waals surface area (Å²) in [5.41, 5.74) is 1.29. The molecule has 8 nitrogen and oxygen atoms in total. The van der Waals surface area contributed by atoms with Gasteiger partial charge in [-0.2, -0.15) is 26.3 Å². The monoisotopic (exact) mass is 490 g/mol. The Hall–Kier alpha value is -2.32. The maximum Gasteiger partial charge on any atom is 0.490 e. The van der Waals surface area contributed by atoms with Crippen molar-refractivity contribution in [3.8, 4) is 0 Å². The van der Waals surface area contributed by atoms with Crippen LogP contribution in [0.4, 0.5) is 26.3 Å². The molecule has 3 heterocycles. The van der Waals surface area contributed by atoms with E-state index in [9.17, 15) is 26.3 Å². The Kier molecular flexibility index (Phi) is 9.14. The Bertz CT molecular complexity index is 728. The average molecular weight is 490 g/mol. The summed E-state index contributed by atoms with van der Waals surface area (Å²) >= 11 is 0. The highest BCUT2D eigenvalue weighted by molar-refractivity contribution is 5.73. The van der Waals surface area contributed by atoms with Gasteiger partial charge in [0.05, 0.1) is 25.7 Å². The minimum Gasteiger partial charge on any atom is -0.475 e. The zero-order valence-corrected chi connectivity index (χ0v) is 17.3. The molecule has 14 heteroatoms. The van der Waals surface area contributed by atoms with Gasteiger partial charge in [-0.1, -0.05) is 0 Å². The molecule has 188 valence electrons. The van der Waals surface area contributed by atoms with Crippen LogP contribution < -0.4 is 0 Å². The molecule has 2 N–H and O–H groups in total. The van der Waals surface area contributed by atoms with E-state index in [1.165, 1.54) is 24.9 Å². The van der Waals surface area contributed by atoms with Crippen LogP contribution in [0.25, 0.3) is 0 Å². The molecule has 0 amide bonds. The number of rotatable bonds is 4. The summed E-state index contributed by atoms with van der Waals surface area (Å²) in [4.78, 5) is 23.1. The van der Waals surface area contributed by atoms with Crippen LogP contribution in [-0.2, 0) is 20.9 Å². The number of carbonyl (C=O) groups is 2. The van der Waals surface area contributed by atoms with Gasteiger partial charge in [-0.25, -0.2) is 9.59 Å².